The highest BCUT2D eigenvalue weighted by Gasteiger charge is 2.09. The maximum absolute atomic E-state index is 11.8. The van der Waals surface area contributed by atoms with Gasteiger partial charge in [-0.05, 0) is 43.2 Å². The molecule has 0 aliphatic carbocycles. The van der Waals surface area contributed by atoms with Crippen LogP contribution >= 0.6 is 15.9 Å². The number of hydrogen-bond acceptors (Lipinski definition) is 4. The second-order valence-corrected chi connectivity index (χ2v) is 6.26. The van der Waals surface area contributed by atoms with Gasteiger partial charge in [-0.15, -0.1) is 0 Å². The summed E-state index contributed by atoms with van der Waals surface area (Å²) in [5.41, 5.74) is 4.66. The Balaban J connectivity index is 1.95. The molecule has 25 heavy (non-hydrogen) atoms. The van der Waals surface area contributed by atoms with E-state index in [0.29, 0.717) is 11.3 Å². The lowest BCUT2D eigenvalue weighted by Gasteiger charge is -2.11. The highest BCUT2D eigenvalue weighted by atomic mass is 79.9. The number of ether oxygens (including phenoxy) is 1. The fourth-order valence-corrected chi connectivity index (χ4v) is 2.96. The number of carboxylic acid groups (broad SMARTS) is 1. The predicted octanol–water partition coefficient (Wildman–Crippen LogP) is 3.29. The van der Waals surface area contributed by atoms with Gasteiger partial charge in [0.25, 0.3) is 5.91 Å². The number of carbonyl (C=O) groups excluding carboxylic acids is 1. The fraction of sp³-hybridized carbons (Fsp3) is 0.167. The summed E-state index contributed by atoms with van der Waals surface area (Å²) >= 11 is 3.40. The third kappa shape index (κ3) is 5.15. The van der Waals surface area contributed by atoms with Gasteiger partial charge in [-0.1, -0.05) is 34.1 Å². The van der Waals surface area contributed by atoms with Gasteiger partial charge in [-0.25, -0.2) is 10.2 Å². The van der Waals surface area contributed by atoms with Gasteiger partial charge in [0.2, 0.25) is 0 Å². The van der Waals surface area contributed by atoms with Crippen LogP contribution in [0.3, 0.4) is 0 Å². The summed E-state index contributed by atoms with van der Waals surface area (Å²) in [5, 5.41) is 12.9. The smallest absolute Gasteiger partial charge is 0.336 e. The quantitative estimate of drug-likeness (QED) is 0.570. The fourth-order valence-electron chi connectivity index (χ4n) is 2.27. The number of halogens is 1. The van der Waals surface area contributed by atoms with Crippen LogP contribution in [0.25, 0.3) is 0 Å². The van der Waals surface area contributed by atoms with Crippen LogP contribution in [0.1, 0.15) is 27.0 Å². The van der Waals surface area contributed by atoms with E-state index in [1.807, 2.05) is 26.0 Å². The molecular formula is C18H17BrN2O4. The molecule has 0 heterocycles. The number of nitrogens with zero attached hydrogens (tertiary/aromatic N) is 1. The third-order valence-corrected chi connectivity index (χ3v) is 3.81. The molecule has 0 atom stereocenters. The van der Waals surface area contributed by atoms with Crippen LogP contribution in [0.15, 0.2) is 46.0 Å². The van der Waals surface area contributed by atoms with Crippen LogP contribution in [-0.2, 0) is 4.79 Å². The number of benzene rings is 2. The van der Waals surface area contributed by atoms with Crippen molar-refractivity contribution >= 4 is 34.0 Å². The van der Waals surface area contributed by atoms with Crippen molar-refractivity contribution in [2.75, 3.05) is 6.61 Å². The molecule has 0 aliphatic rings. The predicted molar refractivity (Wildman–Crippen MR) is 98.2 cm³/mol. The summed E-state index contributed by atoms with van der Waals surface area (Å²) < 4.78 is 6.49. The first-order chi connectivity index (χ1) is 11.9. The first kappa shape index (κ1) is 18.7. The largest absolute Gasteiger partial charge is 0.483 e. The molecule has 0 radical (unpaired) electrons. The monoisotopic (exact) mass is 404 g/mol. The van der Waals surface area contributed by atoms with Crippen molar-refractivity contribution in [1.29, 1.82) is 0 Å². The van der Waals surface area contributed by atoms with Crippen LogP contribution in [0.2, 0.25) is 0 Å². The number of rotatable bonds is 6. The molecule has 0 unspecified atom stereocenters. The Morgan fingerprint density at radius 2 is 1.88 bits per heavy atom. The molecular weight excluding hydrogens is 388 g/mol. The van der Waals surface area contributed by atoms with Crippen molar-refractivity contribution in [2.45, 2.75) is 13.8 Å². The zero-order valence-corrected chi connectivity index (χ0v) is 15.3. The Morgan fingerprint density at radius 3 is 2.52 bits per heavy atom. The first-order valence-electron chi connectivity index (χ1n) is 7.42. The molecule has 1 amide bonds. The summed E-state index contributed by atoms with van der Waals surface area (Å²) in [7, 11) is 0. The molecule has 2 rings (SSSR count). The topological polar surface area (TPSA) is 88.0 Å². The third-order valence-electron chi connectivity index (χ3n) is 3.36. The zero-order chi connectivity index (χ0) is 18.4. The van der Waals surface area contributed by atoms with E-state index in [1.54, 1.807) is 18.2 Å². The van der Waals surface area contributed by atoms with Crippen molar-refractivity contribution in [3.63, 3.8) is 0 Å². The average Bonchev–Trinajstić information content (AvgIpc) is 2.54. The van der Waals surface area contributed by atoms with E-state index in [2.05, 4.69) is 26.5 Å². The molecule has 7 heteroatoms. The maximum atomic E-state index is 11.8. The standard InChI is InChI=1S/C18H17BrN2O4/c1-11-7-14(19)8-12(2)17(11)25-10-16(22)21-20-9-13-5-3-4-6-15(13)18(23)24/h3-9H,10H2,1-2H3,(H,21,22)(H,23,24)/b20-9+. The van der Waals surface area contributed by atoms with Gasteiger partial charge < -0.3 is 9.84 Å². The van der Waals surface area contributed by atoms with Crippen molar-refractivity contribution in [2.24, 2.45) is 5.10 Å². The lowest BCUT2D eigenvalue weighted by atomic mass is 10.1. The first-order valence-corrected chi connectivity index (χ1v) is 8.21. The van der Waals surface area contributed by atoms with E-state index < -0.39 is 11.9 Å². The van der Waals surface area contributed by atoms with Gasteiger partial charge in [0, 0.05) is 10.0 Å². The minimum absolute atomic E-state index is 0.109. The second kappa shape index (κ2) is 8.43. The van der Waals surface area contributed by atoms with E-state index >= 15 is 0 Å². The van der Waals surface area contributed by atoms with E-state index in [-0.39, 0.29) is 12.2 Å². The van der Waals surface area contributed by atoms with Gasteiger partial charge in [-0.2, -0.15) is 5.10 Å². The van der Waals surface area contributed by atoms with Crippen molar-refractivity contribution < 1.29 is 19.4 Å². The minimum Gasteiger partial charge on any atom is -0.483 e. The van der Waals surface area contributed by atoms with E-state index in [9.17, 15) is 9.59 Å². The highest BCUT2D eigenvalue weighted by molar-refractivity contribution is 9.10. The van der Waals surface area contributed by atoms with E-state index in [4.69, 9.17) is 9.84 Å². The molecule has 2 aromatic rings. The second-order valence-electron chi connectivity index (χ2n) is 5.34. The van der Waals surface area contributed by atoms with Crippen LogP contribution in [-0.4, -0.2) is 29.8 Å². The molecule has 0 aromatic heterocycles. The summed E-state index contributed by atoms with van der Waals surface area (Å²) in [6.45, 7) is 3.60. The van der Waals surface area contributed by atoms with Gasteiger partial charge in [-0.3, -0.25) is 4.79 Å². The van der Waals surface area contributed by atoms with Gasteiger partial charge in [0.1, 0.15) is 5.75 Å². The number of carboxylic acids is 1. The Kier molecular flexibility index (Phi) is 6.30. The molecule has 2 N–H and O–H groups in total. The zero-order valence-electron chi connectivity index (χ0n) is 13.7. The van der Waals surface area contributed by atoms with Crippen molar-refractivity contribution in [1.82, 2.24) is 5.43 Å². The lowest BCUT2D eigenvalue weighted by Crippen LogP contribution is -2.25. The molecule has 0 fully saturated rings. The van der Waals surface area contributed by atoms with Crippen LogP contribution in [0.5, 0.6) is 5.75 Å². The number of nitrogens with one attached hydrogen (secondary N) is 1. The summed E-state index contributed by atoms with van der Waals surface area (Å²) in [5.74, 6) is -0.845. The molecule has 0 saturated heterocycles. The van der Waals surface area contributed by atoms with Gasteiger partial charge in [0.05, 0.1) is 11.8 Å². The number of hydrogen-bond donors (Lipinski definition) is 2. The number of aromatic carboxylic acids is 1. The Labute approximate surface area is 153 Å². The maximum Gasteiger partial charge on any atom is 0.336 e. The van der Waals surface area contributed by atoms with Crippen molar-refractivity contribution in [3.8, 4) is 5.75 Å². The minimum atomic E-state index is -1.06. The normalized spacial score (nSPS) is 10.7. The molecule has 130 valence electrons. The van der Waals surface area contributed by atoms with Gasteiger partial charge >= 0.3 is 5.97 Å². The Hall–Kier alpha value is -2.67. The molecule has 0 aliphatic heterocycles. The molecule has 0 bridgehead atoms. The molecule has 6 nitrogen and oxygen atoms in total. The van der Waals surface area contributed by atoms with Gasteiger partial charge in [0.15, 0.2) is 6.61 Å². The molecule has 0 saturated carbocycles. The lowest BCUT2D eigenvalue weighted by molar-refractivity contribution is -0.123. The molecule has 0 spiro atoms. The van der Waals surface area contributed by atoms with E-state index in [0.717, 1.165) is 15.6 Å². The Bertz CT molecular complexity index is 811. The van der Waals surface area contributed by atoms with Crippen LogP contribution < -0.4 is 10.2 Å². The van der Waals surface area contributed by atoms with Crippen LogP contribution in [0.4, 0.5) is 0 Å². The van der Waals surface area contributed by atoms with Crippen molar-refractivity contribution in [3.05, 3.63) is 63.1 Å². The Morgan fingerprint density at radius 1 is 1.24 bits per heavy atom. The van der Waals surface area contributed by atoms with E-state index in [1.165, 1.54) is 12.3 Å². The molecule has 2 aromatic carbocycles. The summed E-state index contributed by atoms with van der Waals surface area (Å²) in [4.78, 5) is 22.9. The average molecular weight is 405 g/mol. The number of hydrazone groups is 1. The van der Waals surface area contributed by atoms with Crippen LogP contribution in [0, 0.1) is 13.8 Å². The summed E-state index contributed by atoms with van der Waals surface area (Å²) in [6.07, 6.45) is 1.29. The summed E-state index contributed by atoms with van der Waals surface area (Å²) in [6, 6.07) is 10.2. The number of amides is 1. The number of carbonyl (C=O) groups is 2. The number of aryl methyl sites for hydroxylation is 2. The highest BCUT2D eigenvalue weighted by Crippen LogP contribution is 2.27. The SMILES string of the molecule is Cc1cc(Br)cc(C)c1OCC(=O)N/N=C/c1ccccc1C(=O)O.